The van der Waals surface area contributed by atoms with Crippen molar-refractivity contribution in [3.8, 4) is 0 Å². The molecule has 0 N–H and O–H groups in total. The second-order valence-corrected chi connectivity index (χ2v) is 9.09. The van der Waals surface area contributed by atoms with Gasteiger partial charge in [-0.2, -0.15) is 0 Å². The van der Waals surface area contributed by atoms with Crippen LogP contribution in [0.15, 0.2) is 17.0 Å². The third-order valence-corrected chi connectivity index (χ3v) is 7.40. The fraction of sp³-hybridized carbons (Fsp3) is 0.700. The molecule has 2 unspecified atom stereocenters. The van der Waals surface area contributed by atoms with E-state index in [0.717, 1.165) is 31.1 Å². The Balaban J connectivity index is 1.36. The van der Waals surface area contributed by atoms with Crippen LogP contribution in [0.2, 0.25) is 0 Å². The molecule has 0 spiro atoms. The van der Waals surface area contributed by atoms with Crippen LogP contribution in [0.25, 0.3) is 0 Å². The molecule has 3 saturated heterocycles. The van der Waals surface area contributed by atoms with Gasteiger partial charge in [0.2, 0.25) is 0 Å². The molecule has 3 aliphatic heterocycles. The van der Waals surface area contributed by atoms with Crippen LogP contribution >= 0.6 is 11.9 Å². The van der Waals surface area contributed by atoms with Crippen LogP contribution in [-0.2, 0) is 4.74 Å². The number of ether oxygens (including phenoxy) is 1. The fourth-order valence-corrected chi connectivity index (χ4v) is 6.05. The predicted molar refractivity (Wildman–Crippen MR) is 100 cm³/mol. The highest BCUT2D eigenvalue weighted by molar-refractivity contribution is 7.97. The number of benzene rings is 1. The maximum atomic E-state index is 5.53. The van der Waals surface area contributed by atoms with Crippen molar-refractivity contribution in [2.24, 2.45) is 11.8 Å². The highest BCUT2D eigenvalue weighted by Gasteiger charge is 2.42. The number of hydrogen-bond acceptors (Lipinski definition) is 4. The third-order valence-electron chi connectivity index (χ3n) is 6.01. The second-order valence-electron chi connectivity index (χ2n) is 7.98. The second kappa shape index (κ2) is 6.99. The first-order valence-corrected chi connectivity index (χ1v) is 10.2. The van der Waals surface area contributed by atoms with Gasteiger partial charge in [0.1, 0.15) is 0 Å². The molecule has 3 nitrogen and oxygen atoms in total. The fourth-order valence-electron chi connectivity index (χ4n) is 4.85. The van der Waals surface area contributed by atoms with E-state index in [1.54, 1.807) is 0 Å². The Morgan fingerprint density at radius 2 is 1.50 bits per heavy atom. The van der Waals surface area contributed by atoms with Crippen molar-refractivity contribution >= 4 is 11.9 Å². The molecule has 0 bridgehead atoms. The van der Waals surface area contributed by atoms with Gasteiger partial charge in [-0.3, -0.25) is 4.90 Å². The minimum atomic E-state index is 0.784. The van der Waals surface area contributed by atoms with Crippen LogP contribution in [0, 0.1) is 32.6 Å². The van der Waals surface area contributed by atoms with Crippen molar-refractivity contribution in [2.75, 3.05) is 39.4 Å². The molecule has 2 atom stereocenters. The summed E-state index contributed by atoms with van der Waals surface area (Å²) in [5, 5.41) is 0. The van der Waals surface area contributed by atoms with Crippen molar-refractivity contribution in [1.29, 1.82) is 0 Å². The summed E-state index contributed by atoms with van der Waals surface area (Å²) in [7, 11) is 0. The number of aryl methyl sites for hydroxylation is 3. The lowest BCUT2D eigenvalue weighted by Gasteiger charge is -2.32. The van der Waals surface area contributed by atoms with E-state index in [0.29, 0.717) is 0 Å². The minimum Gasteiger partial charge on any atom is -0.381 e. The highest BCUT2D eigenvalue weighted by atomic mass is 32.2. The number of fused-ring (bicyclic) bond motifs is 1. The van der Waals surface area contributed by atoms with Gasteiger partial charge in [0.25, 0.3) is 0 Å². The Morgan fingerprint density at radius 3 is 2.08 bits per heavy atom. The topological polar surface area (TPSA) is 15.7 Å². The molecule has 3 heterocycles. The molecule has 0 aliphatic carbocycles. The van der Waals surface area contributed by atoms with Crippen molar-refractivity contribution < 1.29 is 4.74 Å². The molecule has 3 aliphatic rings. The molecule has 0 saturated carbocycles. The molecule has 1 aromatic carbocycles. The predicted octanol–water partition coefficient (Wildman–Crippen LogP) is 3.66. The summed E-state index contributed by atoms with van der Waals surface area (Å²) in [5.41, 5.74) is 4.23. The molecular formula is C20H30N2OS. The van der Waals surface area contributed by atoms with E-state index in [1.165, 1.54) is 60.6 Å². The molecule has 1 aromatic rings. The molecule has 24 heavy (non-hydrogen) atoms. The van der Waals surface area contributed by atoms with Gasteiger partial charge in [0.05, 0.1) is 0 Å². The van der Waals surface area contributed by atoms with E-state index in [4.69, 9.17) is 4.74 Å². The molecular weight excluding hydrogens is 316 g/mol. The Bertz CT molecular complexity index is 562. The zero-order valence-corrected chi connectivity index (χ0v) is 16.1. The van der Waals surface area contributed by atoms with Crippen LogP contribution < -0.4 is 0 Å². The van der Waals surface area contributed by atoms with Crippen LogP contribution in [0.3, 0.4) is 0 Å². The smallest absolute Gasteiger partial charge is 0.0480 e. The lowest BCUT2D eigenvalue weighted by Crippen LogP contribution is -2.39. The summed E-state index contributed by atoms with van der Waals surface area (Å²) in [5.74, 6) is 1.73. The Morgan fingerprint density at radius 1 is 0.917 bits per heavy atom. The third kappa shape index (κ3) is 3.39. The summed E-state index contributed by atoms with van der Waals surface area (Å²) >= 11 is 2.00. The molecule has 3 fully saturated rings. The van der Waals surface area contributed by atoms with Gasteiger partial charge < -0.3 is 4.74 Å². The van der Waals surface area contributed by atoms with Crippen molar-refractivity contribution in [3.05, 3.63) is 28.8 Å². The van der Waals surface area contributed by atoms with Crippen molar-refractivity contribution in [2.45, 2.75) is 44.6 Å². The molecule has 0 amide bonds. The first-order chi connectivity index (χ1) is 11.6. The van der Waals surface area contributed by atoms with Gasteiger partial charge in [0.15, 0.2) is 0 Å². The molecule has 0 radical (unpaired) electrons. The van der Waals surface area contributed by atoms with E-state index in [-0.39, 0.29) is 0 Å². The van der Waals surface area contributed by atoms with E-state index in [2.05, 4.69) is 42.1 Å². The Hall–Kier alpha value is -0.550. The number of likely N-dealkylation sites (tertiary alicyclic amines) is 1. The van der Waals surface area contributed by atoms with Gasteiger partial charge in [-0.15, -0.1) is 0 Å². The summed E-state index contributed by atoms with van der Waals surface area (Å²) < 4.78 is 8.16. The van der Waals surface area contributed by atoms with Gasteiger partial charge in [-0.05, 0) is 68.5 Å². The molecule has 132 valence electrons. The van der Waals surface area contributed by atoms with Gasteiger partial charge in [-0.25, -0.2) is 4.31 Å². The minimum absolute atomic E-state index is 0.784. The van der Waals surface area contributed by atoms with Crippen LogP contribution in [0.4, 0.5) is 0 Å². The molecule has 4 rings (SSSR count). The zero-order valence-electron chi connectivity index (χ0n) is 15.3. The first-order valence-electron chi connectivity index (χ1n) is 9.42. The lowest BCUT2D eigenvalue weighted by molar-refractivity contribution is 0.0394. The van der Waals surface area contributed by atoms with Crippen LogP contribution in [0.5, 0.6) is 0 Å². The van der Waals surface area contributed by atoms with Crippen molar-refractivity contribution in [3.63, 3.8) is 0 Å². The van der Waals surface area contributed by atoms with Crippen LogP contribution in [-0.4, -0.2) is 54.6 Å². The normalized spacial score (nSPS) is 29.3. The van der Waals surface area contributed by atoms with Crippen LogP contribution in [0.1, 0.15) is 29.5 Å². The van der Waals surface area contributed by atoms with Gasteiger partial charge >= 0.3 is 0 Å². The van der Waals surface area contributed by atoms with Gasteiger partial charge in [-0.1, -0.05) is 17.7 Å². The van der Waals surface area contributed by atoms with Crippen molar-refractivity contribution in [1.82, 2.24) is 9.21 Å². The summed E-state index contributed by atoms with van der Waals surface area (Å²) in [6, 6.07) is 5.42. The highest BCUT2D eigenvalue weighted by Crippen LogP contribution is 2.40. The quantitative estimate of drug-likeness (QED) is 0.776. The summed E-state index contributed by atoms with van der Waals surface area (Å²) in [4.78, 5) is 4.24. The average Bonchev–Trinajstić information content (AvgIpc) is 3.10. The zero-order chi connectivity index (χ0) is 16.7. The monoisotopic (exact) mass is 346 g/mol. The molecule has 0 aromatic heterocycles. The first kappa shape index (κ1) is 16.9. The number of nitrogens with zero attached hydrogens (tertiary/aromatic N) is 2. The summed E-state index contributed by atoms with van der Waals surface area (Å²) in [6.45, 7) is 13.7. The van der Waals surface area contributed by atoms with E-state index >= 15 is 0 Å². The largest absolute Gasteiger partial charge is 0.381 e. The summed E-state index contributed by atoms with van der Waals surface area (Å²) in [6.07, 6.45) is 2.47. The molecule has 4 heteroatoms. The number of rotatable bonds is 3. The average molecular weight is 347 g/mol. The number of hydrogen-bond donors (Lipinski definition) is 0. The van der Waals surface area contributed by atoms with E-state index < -0.39 is 0 Å². The Kier molecular flexibility index (Phi) is 4.92. The van der Waals surface area contributed by atoms with Gasteiger partial charge in [0, 0.05) is 50.3 Å². The van der Waals surface area contributed by atoms with E-state index in [9.17, 15) is 0 Å². The SMILES string of the molecule is Cc1cc(C)c(SN2CC3CN(C4CCOCC4)CC3C2)c(C)c1. The standard InChI is InChI=1S/C20H30N2OS/c1-14-8-15(2)20(16(3)9-14)24-22-12-17-10-21(11-18(17)13-22)19-4-6-23-7-5-19/h8-9,17-19H,4-7,10-13H2,1-3H3. The lowest BCUT2D eigenvalue weighted by atomic mass is 10.0. The van der Waals surface area contributed by atoms with E-state index in [1.807, 2.05) is 11.9 Å². The maximum Gasteiger partial charge on any atom is 0.0480 e. The Labute approximate surface area is 150 Å². The maximum absolute atomic E-state index is 5.53.